The minimum Gasteiger partial charge on any atom is -0.357 e. The van der Waals surface area contributed by atoms with Crippen LogP contribution in [-0.2, 0) is 11.3 Å². The Morgan fingerprint density at radius 2 is 2.19 bits per heavy atom. The molecule has 27 heavy (non-hydrogen) atoms. The van der Waals surface area contributed by atoms with Crippen LogP contribution in [0.4, 0.5) is 5.69 Å². The van der Waals surface area contributed by atoms with Crippen LogP contribution in [0.15, 0.2) is 29.3 Å². The number of hydrogen-bond acceptors (Lipinski definition) is 4. The fourth-order valence-electron chi connectivity index (χ4n) is 2.99. The van der Waals surface area contributed by atoms with Crippen molar-refractivity contribution in [3.05, 3.63) is 29.8 Å². The highest BCUT2D eigenvalue weighted by Gasteiger charge is 2.21. The second-order valence-corrected chi connectivity index (χ2v) is 8.41. The maximum absolute atomic E-state index is 12.0. The van der Waals surface area contributed by atoms with Gasteiger partial charge in [-0.05, 0) is 45.1 Å². The van der Waals surface area contributed by atoms with Gasteiger partial charge in [0.25, 0.3) is 0 Å². The number of likely N-dealkylation sites (N-methyl/N-ethyl adjacent to an activating group) is 1. The number of nitrogens with one attached hydrogen (secondary N) is 2. The number of amides is 1. The molecule has 6 nitrogen and oxygen atoms in total. The van der Waals surface area contributed by atoms with Gasteiger partial charge in [-0.1, -0.05) is 19.1 Å². The Kier molecular flexibility index (Phi) is 8.94. The number of hydrogen-bond donors (Lipinski definition) is 2. The number of carbonyl (C=O) groups excluding carboxylic acids is 1. The van der Waals surface area contributed by atoms with Gasteiger partial charge in [0.1, 0.15) is 0 Å². The highest BCUT2D eigenvalue weighted by Crippen LogP contribution is 2.21. The summed E-state index contributed by atoms with van der Waals surface area (Å²) in [6.45, 7) is 8.27. The molecule has 150 valence electrons. The van der Waals surface area contributed by atoms with E-state index in [1.807, 2.05) is 37.2 Å². The molecule has 1 heterocycles. The molecule has 0 spiro atoms. The molecule has 1 atom stereocenters. The Bertz CT molecular complexity index is 635. The third-order valence-electron chi connectivity index (χ3n) is 4.31. The molecule has 2 rings (SSSR count). The summed E-state index contributed by atoms with van der Waals surface area (Å²) in [7, 11) is 3.77. The number of guanidine groups is 1. The lowest BCUT2D eigenvalue weighted by molar-refractivity contribution is -0.116. The smallest absolute Gasteiger partial charge is 0.238 e. The summed E-state index contributed by atoms with van der Waals surface area (Å²) in [6, 6.07) is 7.93. The van der Waals surface area contributed by atoms with Gasteiger partial charge in [0.05, 0.1) is 13.1 Å². The quantitative estimate of drug-likeness (QED) is 0.552. The van der Waals surface area contributed by atoms with E-state index in [1.165, 1.54) is 6.42 Å². The van der Waals surface area contributed by atoms with E-state index in [0.29, 0.717) is 18.3 Å². The molecule has 7 heteroatoms. The summed E-state index contributed by atoms with van der Waals surface area (Å²) in [6.07, 6.45) is 1.19. The molecule has 1 aromatic carbocycles. The fraction of sp³-hybridized carbons (Fsp3) is 0.600. The number of nitrogens with zero attached hydrogens (tertiary/aromatic N) is 3. The van der Waals surface area contributed by atoms with Gasteiger partial charge in [-0.15, -0.1) is 0 Å². The van der Waals surface area contributed by atoms with Crippen LogP contribution in [0.25, 0.3) is 0 Å². The second kappa shape index (κ2) is 11.2. The zero-order chi connectivity index (χ0) is 19.6. The van der Waals surface area contributed by atoms with Crippen LogP contribution in [0.2, 0.25) is 0 Å². The molecule has 1 unspecified atom stereocenters. The summed E-state index contributed by atoms with van der Waals surface area (Å²) < 4.78 is 0. The van der Waals surface area contributed by atoms with E-state index in [-0.39, 0.29) is 5.91 Å². The predicted molar refractivity (Wildman–Crippen MR) is 117 cm³/mol. The fourth-order valence-corrected chi connectivity index (χ4v) is 4.17. The first-order valence-corrected chi connectivity index (χ1v) is 10.7. The van der Waals surface area contributed by atoms with Crippen LogP contribution in [0.1, 0.15) is 25.8 Å². The van der Waals surface area contributed by atoms with E-state index in [1.54, 1.807) is 0 Å². The lowest BCUT2D eigenvalue weighted by Crippen LogP contribution is -2.48. The molecule has 2 N–H and O–H groups in total. The van der Waals surface area contributed by atoms with Crippen molar-refractivity contribution in [2.24, 2.45) is 4.99 Å². The van der Waals surface area contributed by atoms with E-state index in [9.17, 15) is 4.79 Å². The summed E-state index contributed by atoms with van der Waals surface area (Å²) >= 11 is 2.06. The minimum atomic E-state index is -0.00888. The highest BCUT2D eigenvalue weighted by atomic mass is 32.2. The number of anilines is 1. The molecule has 1 amide bonds. The lowest BCUT2D eigenvalue weighted by atomic mass is 10.2. The van der Waals surface area contributed by atoms with Gasteiger partial charge < -0.3 is 20.4 Å². The van der Waals surface area contributed by atoms with Crippen LogP contribution in [0, 0.1) is 0 Å². The summed E-state index contributed by atoms with van der Waals surface area (Å²) in [5.41, 5.74) is 1.91. The largest absolute Gasteiger partial charge is 0.357 e. The number of carbonyl (C=O) groups is 1. The van der Waals surface area contributed by atoms with Crippen LogP contribution in [0.5, 0.6) is 0 Å². The first-order valence-electron chi connectivity index (χ1n) is 9.70. The third kappa shape index (κ3) is 7.42. The molecule has 1 aliphatic rings. The average Bonchev–Trinajstić information content (AvgIpc) is 2.64. The number of aliphatic imine (C=N–C) groups is 1. The molecule has 1 fully saturated rings. The van der Waals surface area contributed by atoms with Crippen molar-refractivity contribution >= 4 is 29.3 Å². The molecular weight excluding hydrogens is 358 g/mol. The van der Waals surface area contributed by atoms with Crippen molar-refractivity contribution in [3.8, 4) is 0 Å². The van der Waals surface area contributed by atoms with Crippen LogP contribution >= 0.6 is 11.8 Å². The van der Waals surface area contributed by atoms with Crippen molar-refractivity contribution in [3.63, 3.8) is 0 Å². The third-order valence-corrected chi connectivity index (χ3v) is 5.68. The Balaban J connectivity index is 2.02. The van der Waals surface area contributed by atoms with Crippen LogP contribution in [-0.4, -0.2) is 72.9 Å². The molecule has 1 aromatic rings. The summed E-state index contributed by atoms with van der Waals surface area (Å²) in [5.74, 6) is 2.12. The van der Waals surface area contributed by atoms with E-state index in [4.69, 9.17) is 4.99 Å². The van der Waals surface area contributed by atoms with Crippen LogP contribution in [0.3, 0.4) is 0 Å². The maximum Gasteiger partial charge on any atom is 0.238 e. The monoisotopic (exact) mass is 391 g/mol. The van der Waals surface area contributed by atoms with Gasteiger partial charge in [0.15, 0.2) is 5.96 Å². The lowest BCUT2D eigenvalue weighted by Gasteiger charge is -2.34. The molecule has 1 aliphatic heterocycles. The minimum absolute atomic E-state index is 0.00888. The van der Waals surface area contributed by atoms with Gasteiger partial charge in [-0.3, -0.25) is 4.79 Å². The average molecular weight is 392 g/mol. The topological polar surface area (TPSA) is 60.0 Å². The summed E-state index contributed by atoms with van der Waals surface area (Å²) in [5, 5.41) is 7.05. The van der Waals surface area contributed by atoms with Gasteiger partial charge in [-0.25, -0.2) is 4.99 Å². The standard InChI is InChI=1S/C20H33N5OS/c1-5-18-14-25(10-11-27-18)20(21-6-2)22-13-16-8-7-9-17(12-16)23-19(26)15-24(3)4/h7-9,12,18H,5-6,10-11,13-15H2,1-4H3,(H,21,22)(H,23,26). The van der Waals surface area contributed by atoms with E-state index < -0.39 is 0 Å². The Morgan fingerprint density at radius 3 is 2.89 bits per heavy atom. The van der Waals surface area contributed by atoms with Gasteiger partial charge in [0, 0.05) is 36.3 Å². The number of rotatable bonds is 7. The first kappa shape index (κ1) is 21.6. The zero-order valence-electron chi connectivity index (χ0n) is 17.0. The van der Waals surface area contributed by atoms with Crippen molar-refractivity contribution in [1.29, 1.82) is 0 Å². The molecule has 0 aromatic heterocycles. The molecule has 0 bridgehead atoms. The summed E-state index contributed by atoms with van der Waals surface area (Å²) in [4.78, 5) is 21.0. The Labute approximate surface area is 167 Å². The van der Waals surface area contributed by atoms with Crippen LogP contribution < -0.4 is 10.6 Å². The van der Waals surface area contributed by atoms with Gasteiger partial charge in [0.2, 0.25) is 5.91 Å². The highest BCUT2D eigenvalue weighted by molar-refractivity contribution is 8.00. The second-order valence-electron chi connectivity index (χ2n) is 7.00. The molecule has 0 radical (unpaired) electrons. The predicted octanol–water partition coefficient (Wildman–Crippen LogP) is 2.48. The molecule has 0 aliphatic carbocycles. The first-order chi connectivity index (χ1) is 13.0. The molecule has 1 saturated heterocycles. The number of thioether (sulfide) groups is 1. The van der Waals surface area contributed by atoms with Gasteiger partial charge in [-0.2, -0.15) is 11.8 Å². The van der Waals surface area contributed by atoms with Gasteiger partial charge >= 0.3 is 0 Å². The van der Waals surface area contributed by atoms with Crippen molar-refractivity contribution in [2.45, 2.75) is 32.1 Å². The maximum atomic E-state index is 12.0. The normalized spacial score (nSPS) is 17.9. The zero-order valence-corrected chi connectivity index (χ0v) is 17.8. The van der Waals surface area contributed by atoms with E-state index in [2.05, 4.69) is 47.2 Å². The Morgan fingerprint density at radius 1 is 1.37 bits per heavy atom. The van der Waals surface area contributed by atoms with Crippen molar-refractivity contribution in [2.75, 3.05) is 51.3 Å². The van der Waals surface area contributed by atoms with Crippen molar-refractivity contribution < 1.29 is 4.79 Å². The molecule has 0 saturated carbocycles. The van der Waals surface area contributed by atoms with Crippen molar-refractivity contribution in [1.82, 2.24) is 15.1 Å². The number of benzene rings is 1. The molecular formula is C20H33N5OS. The Hall–Kier alpha value is -1.73. The van der Waals surface area contributed by atoms with E-state index in [0.717, 1.165) is 42.6 Å². The van der Waals surface area contributed by atoms with E-state index >= 15 is 0 Å². The SMILES string of the molecule is CCNC(=NCc1cccc(NC(=O)CN(C)C)c1)N1CCSC(CC)C1.